The molecule has 0 spiro atoms. The van der Waals surface area contributed by atoms with E-state index in [2.05, 4.69) is 38.1 Å². The van der Waals surface area contributed by atoms with Crippen molar-refractivity contribution in [3.63, 3.8) is 0 Å². The maximum absolute atomic E-state index is 10.1. The van der Waals surface area contributed by atoms with Gasteiger partial charge in [0.15, 0.2) is 11.5 Å². The number of aliphatic hydroxyl groups is 1. The largest absolute Gasteiger partial charge is 0.508 e. The second-order valence-electron chi connectivity index (χ2n) is 9.88. The van der Waals surface area contributed by atoms with Gasteiger partial charge in [-0.1, -0.05) is 30.7 Å². The zero-order valence-electron chi connectivity index (χ0n) is 19.4. The van der Waals surface area contributed by atoms with Crippen LogP contribution in [0.2, 0.25) is 0 Å². The molecule has 2 fully saturated rings. The Kier molecular flexibility index (Phi) is 5.66. The Morgan fingerprint density at radius 3 is 2.56 bits per heavy atom. The summed E-state index contributed by atoms with van der Waals surface area (Å²) in [6.07, 6.45) is 9.10. The first-order valence-corrected chi connectivity index (χ1v) is 12.0. The van der Waals surface area contributed by atoms with Gasteiger partial charge < -0.3 is 19.3 Å². The van der Waals surface area contributed by atoms with Crippen molar-refractivity contribution in [2.75, 3.05) is 20.3 Å². The van der Waals surface area contributed by atoms with Gasteiger partial charge >= 0.3 is 0 Å². The number of hydrogen-bond donors (Lipinski definition) is 1. The molecule has 0 aliphatic heterocycles. The predicted octanol–water partition coefficient (Wildman–Crippen LogP) is 6.49. The van der Waals surface area contributed by atoms with Gasteiger partial charge in [-0.3, -0.25) is 0 Å². The Hall–Kier alpha value is -2.46. The topological polar surface area (TPSA) is 47.9 Å². The highest BCUT2D eigenvalue weighted by Gasteiger charge is 2.49. The average Bonchev–Trinajstić information content (AvgIpc) is 3.47. The Labute approximate surface area is 191 Å². The van der Waals surface area contributed by atoms with Crippen molar-refractivity contribution in [1.82, 2.24) is 0 Å². The SMILES string of the molecule is COc1c(C)ccc(-c2ccc3c(c2)CC=C3O)c1OCC1([C@@H](C)OCC2CCC2)CC1. The first-order valence-electron chi connectivity index (χ1n) is 12.0. The summed E-state index contributed by atoms with van der Waals surface area (Å²) in [7, 11) is 1.71. The van der Waals surface area contributed by atoms with Crippen LogP contribution < -0.4 is 9.47 Å². The fourth-order valence-corrected chi connectivity index (χ4v) is 4.94. The summed E-state index contributed by atoms with van der Waals surface area (Å²) in [6, 6.07) is 10.4. The van der Waals surface area contributed by atoms with E-state index in [4.69, 9.17) is 14.2 Å². The molecule has 5 rings (SSSR count). The molecule has 0 unspecified atom stereocenters. The van der Waals surface area contributed by atoms with Gasteiger partial charge in [-0.25, -0.2) is 0 Å². The number of rotatable bonds is 9. The minimum Gasteiger partial charge on any atom is -0.508 e. The second-order valence-corrected chi connectivity index (χ2v) is 9.88. The first kappa shape index (κ1) is 21.4. The van der Waals surface area contributed by atoms with Gasteiger partial charge in [0.25, 0.3) is 0 Å². The van der Waals surface area contributed by atoms with Gasteiger partial charge in [0.1, 0.15) is 5.76 Å². The molecule has 2 aromatic rings. The summed E-state index contributed by atoms with van der Waals surface area (Å²) >= 11 is 0. The molecule has 0 amide bonds. The molecule has 3 aliphatic carbocycles. The van der Waals surface area contributed by atoms with Gasteiger partial charge in [-0.15, -0.1) is 0 Å². The fraction of sp³-hybridized carbons (Fsp3) is 0.500. The molecule has 0 heterocycles. The van der Waals surface area contributed by atoms with Crippen LogP contribution in [0.4, 0.5) is 0 Å². The number of hydrogen-bond acceptors (Lipinski definition) is 4. The van der Waals surface area contributed by atoms with Crippen LogP contribution in [0.3, 0.4) is 0 Å². The quantitative estimate of drug-likeness (QED) is 0.490. The third-order valence-corrected chi connectivity index (χ3v) is 7.79. The van der Waals surface area contributed by atoms with E-state index in [-0.39, 0.29) is 11.5 Å². The molecule has 0 aromatic heterocycles. The fourth-order valence-electron chi connectivity index (χ4n) is 4.94. The lowest BCUT2D eigenvalue weighted by molar-refractivity contribution is -0.0306. The Balaban J connectivity index is 1.38. The highest BCUT2D eigenvalue weighted by molar-refractivity contribution is 5.78. The minimum atomic E-state index is 0.101. The van der Waals surface area contributed by atoms with Crippen molar-refractivity contribution in [3.05, 3.63) is 53.1 Å². The molecule has 0 bridgehead atoms. The number of aliphatic hydroxyl groups excluding tert-OH is 1. The average molecular weight is 435 g/mol. The standard InChI is InChI=1S/C28H34O4/c1-18-7-10-24(22-8-11-23-21(15-22)9-12-25(23)29)27(26(18)30-3)32-17-28(13-14-28)19(2)31-16-20-5-4-6-20/h7-8,10-12,15,19-20,29H,4-6,9,13-14,16-17H2,1-3H3/t19-/m1/s1. The number of ether oxygens (including phenoxy) is 3. The number of allylic oxidation sites excluding steroid dienone is 1. The number of aryl methyl sites for hydroxylation is 1. The zero-order chi connectivity index (χ0) is 22.3. The van der Waals surface area contributed by atoms with Crippen molar-refractivity contribution in [1.29, 1.82) is 0 Å². The molecule has 4 heteroatoms. The summed E-state index contributed by atoms with van der Waals surface area (Å²) in [4.78, 5) is 0. The van der Waals surface area contributed by atoms with Crippen LogP contribution in [0.25, 0.3) is 16.9 Å². The first-order chi connectivity index (χ1) is 15.5. The summed E-state index contributed by atoms with van der Waals surface area (Å²) in [5.74, 6) is 2.73. The Morgan fingerprint density at radius 2 is 1.88 bits per heavy atom. The van der Waals surface area contributed by atoms with E-state index >= 15 is 0 Å². The van der Waals surface area contributed by atoms with E-state index in [0.29, 0.717) is 12.4 Å². The third kappa shape index (κ3) is 3.90. The lowest BCUT2D eigenvalue weighted by Gasteiger charge is -2.30. The van der Waals surface area contributed by atoms with Crippen LogP contribution in [-0.4, -0.2) is 31.5 Å². The molecule has 1 N–H and O–H groups in total. The molecular weight excluding hydrogens is 400 g/mol. The van der Waals surface area contributed by atoms with E-state index in [0.717, 1.165) is 71.1 Å². The monoisotopic (exact) mass is 434 g/mol. The summed E-state index contributed by atoms with van der Waals surface area (Å²) in [5, 5.41) is 10.1. The number of benzene rings is 2. The van der Waals surface area contributed by atoms with Gasteiger partial charge in [0, 0.05) is 23.1 Å². The van der Waals surface area contributed by atoms with E-state index in [1.807, 2.05) is 12.1 Å². The van der Waals surface area contributed by atoms with Gasteiger partial charge in [0.2, 0.25) is 0 Å². The lowest BCUT2D eigenvalue weighted by atomic mass is 9.86. The van der Waals surface area contributed by atoms with E-state index in [9.17, 15) is 5.11 Å². The van der Waals surface area contributed by atoms with Gasteiger partial charge in [-0.05, 0) is 80.7 Å². The minimum absolute atomic E-state index is 0.101. The van der Waals surface area contributed by atoms with Crippen molar-refractivity contribution < 1.29 is 19.3 Å². The van der Waals surface area contributed by atoms with Crippen LogP contribution in [0.5, 0.6) is 11.5 Å². The highest BCUT2D eigenvalue weighted by Crippen LogP contribution is 2.52. The van der Waals surface area contributed by atoms with Gasteiger partial charge in [-0.2, -0.15) is 0 Å². The van der Waals surface area contributed by atoms with Crippen LogP contribution >= 0.6 is 0 Å². The molecular formula is C28H34O4. The van der Waals surface area contributed by atoms with Crippen LogP contribution in [0, 0.1) is 18.3 Å². The molecule has 1 atom stereocenters. The van der Waals surface area contributed by atoms with Crippen molar-refractivity contribution in [3.8, 4) is 22.6 Å². The summed E-state index contributed by atoms with van der Waals surface area (Å²) in [5.41, 5.74) is 5.33. The highest BCUT2D eigenvalue weighted by atomic mass is 16.5. The number of methoxy groups -OCH3 is 1. The van der Waals surface area contributed by atoms with Gasteiger partial charge in [0.05, 0.1) is 19.8 Å². The van der Waals surface area contributed by atoms with Crippen LogP contribution in [0.15, 0.2) is 36.4 Å². The smallest absolute Gasteiger partial charge is 0.169 e. The molecule has 0 saturated heterocycles. The number of fused-ring (bicyclic) bond motifs is 1. The molecule has 2 saturated carbocycles. The Bertz CT molecular complexity index is 1030. The second kappa shape index (κ2) is 8.47. The molecule has 170 valence electrons. The predicted molar refractivity (Wildman–Crippen MR) is 127 cm³/mol. The normalized spacial score (nSPS) is 19.7. The van der Waals surface area contributed by atoms with Crippen LogP contribution in [-0.2, 0) is 11.2 Å². The van der Waals surface area contributed by atoms with E-state index in [1.54, 1.807) is 7.11 Å². The molecule has 32 heavy (non-hydrogen) atoms. The molecule has 0 radical (unpaired) electrons. The van der Waals surface area contributed by atoms with E-state index < -0.39 is 0 Å². The van der Waals surface area contributed by atoms with Crippen molar-refractivity contribution >= 4 is 5.76 Å². The maximum Gasteiger partial charge on any atom is 0.169 e. The molecule has 3 aliphatic rings. The lowest BCUT2D eigenvalue weighted by Crippen LogP contribution is -2.31. The Morgan fingerprint density at radius 1 is 1.09 bits per heavy atom. The molecule has 2 aromatic carbocycles. The maximum atomic E-state index is 10.1. The molecule has 4 nitrogen and oxygen atoms in total. The third-order valence-electron chi connectivity index (χ3n) is 7.79. The summed E-state index contributed by atoms with van der Waals surface area (Å²) < 4.78 is 18.6. The zero-order valence-corrected chi connectivity index (χ0v) is 19.4. The van der Waals surface area contributed by atoms with Crippen molar-refractivity contribution in [2.24, 2.45) is 11.3 Å². The van der Waals surface area contributed by atoms with E-state index in [1.165, 1.54) is 19.3 Å². The summed E-state index contributed by atoms with van der Waals surface area (Å²) in [6.45, 7) is 5.79. The van der Waals surface area contributed by atoms with Crippen molar-refractivity contribution in [2.45, 2.75) is 58.5 Å². The van der Waals surface area contributed by atoms with Crippen LogP contribution in [0.1, 0.15) is 55.7 Å².